The van der Waals surface area contributed by atoms with Crippen LogP contribution >= 0.6 is 0 Å². The second-order valence-corrected chi connectivity index (χ2v) is 6.10. The Bertz CT molecular complexity index is 853. The first-order valence-electron chi connectivity index (χ1n) is 8.42. The van der Waals surface area contributed by atoms with E-state index in [9.17, 15) is 13.2 Å². The molecule has 0 aliphatic carbocycles. The van der Waals surface area contributed by atoms with E-state index in [0.717, 1.165) is 23.0 Å². The van der Waals surface area contributed by atoms with Crippen molar-refractivity contribution in [2.24, 2.45) is 0 Å². The zero-order chi connectivity index (χ0) is 18.6. The van der Waals surface area contributed by atoms with Gasteiger partial charge in [0.1, 0.15) is 0 Å². The molecule has 26 heavy (non-hydrogen) atoms. The van der Waals surface area contributed by atoms with Crippen LogP contribution in [0.2, 0.25) is 0 Å². The zero-order valence-corrected chi connectivity index (χ0v) is 14.5. The number of hydrogen-bond donors (Lipinski definition) is 0. The van der Waals surface area contributed by atoms with Gasteiger partial charge in [-0.15, -0.1) is 0 Å². The highest BCUT2D eigenvalue weighted by Crippen LogP contribution is 2.35. The number of para-hydroxylation sites is 1. The average molecular weight is 359 g/mol. The van der Waals surface area contributed by atoms with E-state index in [0.29, 0.717) is 19.6 Å². The van der Waals surface area contributed by atoms with Crippen LogP contribution in [0.4, 0.5) is 13.2 Å². The third-order valence-corrected chi connectivity index (χ3v) is 4.22. The Kier molecular flexibility index (Phi) is 5.47. The molecule has 2 nitrogen and oxygen atoms in total. The van der Waals surface area contributed by atoms with Crippen LogP contribution in [0.5, 0.6) is 0 Å². The fourth-order valence-electron chi connectivity index (χ4n) is 2.98. The summed E-state index contributed by atoms with van der Waals surface area (Å²) in [5.41, 5.74) is 2.15. The van der Waals surface area contributed by atoms with E-state index < -0.39 is 11.7 Å². The molecule has 1 aromatic heterocycles. The van der Waals surface area contributed by atoms with E-state index in [2.05, 4.69) is 0 Å². The summed E-state index contributed by atoms with van der Waals surface area (Å²) in [6.45, 7) is 2.73. The van der Waals surface area contributed by atoms with Crippen LogP contribution in [0.25, 0.3) is 5.69 Å². The first kappa shape index (κ1) is 18.3. The molecule has 0 atom stereocenters. The molecule has 0 N–H and O–H groups in total. The number of ether oxygens (including phenoxy) is 1. The minimum atomic E-state index is -4.39. The second-order valence-electron chi connectivity index (χ2n) is 6.10. The molecule has 0 aliphatic rings. The number of aryl methyl sites for hydroxylation is 1. The van der Waals surface area contributed by atoms with Gasteiger partial charge in [-0.25, -0.2) is 0 Å². The van der Waals surface area contributed by atoms with Crippen LogP contribution in [0, 0.1) is 6.92 Å². The highest BCUT2D eigenvalue weighted by molar-refractivity contribution is 5.46. The molecule has 5 heteroatoms. The lowest BCUT2D eigenvalue weighted by atomic mass is 10.1. The molecule has 0 spiro atoms. The molecule has 0 aliphatic heterocycles. The standard InChI is InChI=1S/C21H20F3NO/c1-16-11-12-18(13-14-26-15-17-7-3-2-4-8-17)25(16)20-10-6-5-9-19(20)21(22,23)24/h2-12H,13-15H2,1H3. The summed E-state index contributed by atoms with van der Waals surface area (Å²) in [5.74, 6) is 0. The summed E-state index contributed by atoms with van der Waals surface area (Å²) >= 11 is 0. The van der Waals surface area contributed by atoms with E-state index in [-0.39, 0.29) is 5.69 Å². The Morgan fingerprint density at radius 3 is 2.31 bits per heavy atom. The monoisotopic (exact) mass is 359 g/mol. The van der Waals surface area contributed by atoms with Crippen molar-refractivity contribution in [3.63, 3.8) is 0 Å². The van der Waals surface area contributed by atoms with Gasteiger partial charge in [-0.2, -0.15) is 13.2 Å². The van der Waals surface area contributed by atoms with Gasteiger partial charge in [0.15, 0.2) is 0 Å². The van der Waals surface area contributed by atoms with Gasteiger partial charge in [0.25, 0.3) is 0 Å². The molecule has 0 fully saturated rings. The number of rotatable bonds is 6. The third kappa shape index (κ3) is 4.17. The average Bonchev–Trinajstić information content (AvgIpc) is 2.99. The Labute approximate surface area is 150 Å². The SMILES string of the molecule is Cc1ccc(CCOCc2ccccc2)n1-c1ccccc1C(F)(F)F. The van der Waals surface area contributed by atoms with Crippen molar-refractivity contribution in [1.82, 2.24) is 4.57 Å². The number of alkyl halides is 3. The first-order valence-corrected chi connectivity index (χ1v) is 8.42. The highest BCUT2D eigenvalue weighted by Gasteiger charge is 2.34. The van der Waals surface area contributed by atoms with E-state index in [1.807, 2.05) is 49.4 Å². The molecule has 0 amide bonds. The van der Waals surface area contributed by atoms with E-state index in [1.54, 1.807) is 10.6 Å². The van der Waals surface area contributed by atoms with Crippen molar-refractivity contribution in [2.45, 2.75) is 26.1 Å². The van der Waals surface area contributed by atoms with Crippen LogP contribution in [-0.2, 0) is 23.9 Å². The summed E-state index contributed by atoms with van der Waals surface area (Å²) < 4.78 is 47.4. The summed E-state index contributed by atoms with van der Waals surface area (Å²) in [5, 5.41) is 0. The Morgan fingerprint density at radius 2 is 1.58 bits per heavy atom. The zero-order valence-electron chi connectivity index (χ0n) is 14.5. The lowest BCUT2D eigenvalue weighted by Crippen LogP contribution is -2.13. The predicted molar refractivity (Wildman–Crippen MR) is 95.3 cm³/mol. The summed E-state index contributed by atoms with van der Waals surface area (Å²) in [7, 11) is 0. The number of nitrogens with zero attached hydrogens (tertiary/aromatic N) is 1. The van der Waals surface area contributed by atoms with Crippen molar-refractivity contribution in [1.29, 1.82) is 0 Å². The number of halogens is 3. The van der Waals surface area contributed by atoms with E-state index in [4.69, 9.17) is 4.74 Å². The van der Waals surface area contributed by atoms with Gasteiger partial charge in [-0.1, -0.05) is 42.5 Å². The summed E-state index contributed by atoms with van der Waals surface area (Å²) in [6.07, 6.45) is -3.86. The third-order valence-electron chi connectivity index (χ3n) is 4.22. The molecule has 0 saturated carbocycles. The first-order chi connectivity index (χ1) is 12.5. The van der Waals surface area contributed by atoms with E-state index >= 15 is 0 Å². The lowest BCUT2D eigenvalue weighted by molar-refractivity contribution is -0.137. The molecule has 0 saturated heterocycles. The fraction of sp³-hybridized carbons (Fsp3) is 0.238. The van der Waals surface area contributed by atoms with Crippen molar-refractivity contribution >= 4 is 0 Å². The number of benzene rings is 2. The topological polar surface area (TPSA) is 14.2 Å². The van der Waals surface area contributed by atoms with Crippen molar-refractivity contribution in [2.75, 3.05) is 6.61 Å². The second kappa shape index (κ2) is 7.79. The van der Waals surface area contributed by atoms with Gasteiger partial charge in [0, 0.05) is 17.8 Å². The van der Waals surface area contributed by atoms with Gasteiger partial charge in [-0.3, -0.25) is 0 Å². The Morgan fingerprint density at radius 1 is 0.885 bits per heavy atom. The van der Waals surface area contributed by atoms with E-state index in [1.165, 1.54) is 12.1 Å². The molecule has 2 aromatic carbocycles. The molecular formula is C21H20F3NO. The largest absolute Gasteiger partial charge is 0.418 e. The van der Waals surface area contributed by atoms with Crippen LogP contribution in [-0.4, -0.2) is 11.2 Å². The normalized spacial score (nSPS) is 11.7. The molecule has 1 heterocycles. The number of aromatic nitrogens is 1. The minimum Gasteiger partial charge on any atom is -0.376 e. The highest BCUT2D eigenvalue weighted by atomic mass is 19.4. The molecule has 0 radical (unpaired) electrons. The van der Waals surface area contributed by atoms with Gasteiger partial charge in [0.05, 0.1) is 24.5 Å². The Balaban J connectivity index is 1.76. The van der Waals surface area contributed by atoms with Crippen molar-refractivity contribution in [3.8, 4) is 5.69 Å². The summed E-state index contributed by atoms with van der Waals surface area (Å²) in [4.78, 5) is 0. The van der Waals surface area contributed by atoms with Gasteiger partial charge in [-0.05, 0) is 36.8 Å². The molecule has 3 aromatic rings. The maximum absolute atomic E-state index is 13.4. The van der Waals surface area contributed by atoms with Crippen LogP contribution < -0.4 is 0 Å². The summed E-state index contributed by atoms with van der Waals surface area (Å²) in [6, 6.07) is 19.1. The lowest BCUT2D eigenvalue weighted by Gasteiger charge is -2.18. The van der Waals surface area contributed by atoms with Gasteiger partial charge < -0.3 is 9.30 Å². The molecule has 0 unspecified atom stereocenters. The van der Waals surface area contributed by atoms with Crippen molar-refractivity contribution < 1.29 is 17.9 Å². The molecule has 0 bridgehead atoms. The van der Waals surface area contributed by atoms with Crippen LogP contribution in [0.1, 0.15) is 22.5 Å². The Hall–Kier alpha value is -2.53. The maximum atomic E-state index is 13.4. The van der Waals surface area contributed by atoms with Crippen molar-refractivity contribution in [3.05, 3.63) is 89.2 Å². The maximum Gasteiger partial charge on any atom is 0.418 e. The fourth-order valence-corrected chi connectivity index (χ4v) is 2.98. The molecular weight excluding hydrogens is 339 g/mol. The minimum absolute atomic E-state index is 0.153. The molecule has 136 valence electrons. The molecule has 3 rings (SSSR count). The quantitative estimate of drug-likeness (QED) is 0.525. The number of hydrogen-bond acceptors (Lipinski definition) is 1. The predicted octanol–water partition coefficient (Wildman–Crippen LogP) is 5.56. The van der Waals surface area contributed by atoms with Gasteiger partial charge in [0.2, 0.25) is 0 Å². The smallest absolute Gasteiger partial charge is 0.376 e. The van der Waals surface area contributed by atoms with Crippen LogP contribution in [0.15, 0.2) is 66.7 Å². The van der Waals surface area contributed by atoms with Crippen LogP contribution in [0.3, 0.4) is 0 Å². The van der Waals surface area contributed by atoms with Gasteiger partial charge >= 0.3 is 6.18 Å².